The summed E-state index contributed by atoms with van der Waals surface area (Å²) in [7, 11) is 0. The van der Waals surface area contributed by atoms with Crippen LogP contribution in [0, 0.1) is 4.91 Å². The molecule has 0 bridgehead atoms. The number of nitroso groups, excluding NO2 is 1. The molecule has 0 saturated carbocycles. The lowest BCUT2D eigenvalue weighted by atomic mass is 10.3. The van der Waals surface area contributed by atoms with E-state index in [1.54, 1.807) is 24.3 Å². The van der Waals surface area contributed by atoms with Crippen molar-refractivity contribution in [1.82, 2.24) is 9.97 Å². The second kappa shape index (κ2) is 4.35. The molecule has 2 N–H and O–H groups in total. The molecule has 1 aromatic carbocycles. The maximum atomic E-state index is 10.2. The maximum absolute atomic E-state index is 10.2. The van der Waals surface area contributed by atoms with Crippen LogP contribution < -0.4 is 10.5 Å². The summed E-state index contributed by atoms with van der Waals surface area (Å²) >= 11 is 0. The van der Waals surface area contributed by atoms with E-state index >= 15 is 0 Å². The molecule has 0 unspecified atom stereocenters. The van der Waals surface area contributed by atoms with Crippen LogP contribution in [0.4, 0.5) is 11.5 Å². The zero-order valence-electron chi connectivity index (χ0n) is 8.20. The molecule has 2 rings (SSSR count). The van der Waals surface area contributed by atoms with E-state index in [0.717, 1.165) is 0 Å². The van der Waals surface area contributed by atoms with Gasteiger partial charge in [0.25, 0.3) is 0 Å². The number of nitrogens with two attached hydrogens (primary N) is 1. The lowest BCUT2D eigenvalue weighted by molar-refractivity contribution is 0.462. The third-order valence-electron chi connectivity index (χ3n) is 1.83. The van der Waals surface area contributed by atoms with Crippen LogP contribution in [-0.4, -0.2) is 9.97 Å². The summed E-state index contributed by atoms with van der Waals surface area (Å²) in [6.45, 7) is 0. The predicted molar refractivity (Wildman–Crippen MR) is 58.4 cm³/mol. The van der Waals surface area contributed by atoms with Crippen molar-refractivity contribution in [3.63, 3.8) is 0 Å². The summed E-state index contributed by atoms with van der Waals surface area (Å²) in [6.07, 6.45) is 1.31. The van der Waals surface area contributed by atoms with Gasteiger partial charge in [-0.05, 0) is 29.4 Å². The minimum atomic E-state index is 0.330. The van der Waals surface area contributed by atoms with E-state index < -0.39 is 0 Å². The van der Waals surface area contributed by atoms with Crippen molar-refractivity contribution in [2.24, 2.45) is 5.18 Å². The Labute approximate surface area is 91.1 Å². The topological polar surface area (TPSA) is 90.5 Å². The average Bonchev–Trinajstić information content (AvgIpc) is 2.30. The summed E-state index contributed by atoms with van der Waals surface area (Å²) in [5.41, 5.74) is 5.81. The quantitative estimate of drug-likeness (QED) is 0.794. The molecule has 0 fully saturated rings. The number of aromatic nitrogens is 2. The van der Waals surface area contributed by atoms with E-state index in [0.29, 0.717) is 23.1 Å². The predicted octanol–water partition coefficient (Wildman–Crippen LogP) is 2.25. The van der Waals surface area contributed by atoms with Gasteiger partial charge in [-0.25, -0.2) is 9.97 Å². The minimum Gasteiger partial charge on any atom is -0.439 e. The van der Waals surface area contributed by atoms with Crippen LogP contribution in [0.5, 0.6) is 11.6 Å². The van der Waals surface area contributed by atoms with Gasteiger partial charge in [0, 0.05) is 6.07 Å². The SMILES string of the molecule is Nc1cc(Oc2ccc(N=O)cc2)ncn1. The van der Waals surface area contributed by atoms with Gasteiger partial charge >= 0.3 is 0 Å². The number of benzene rings is 1. The number of ether oxygens (including phenoxy) is 1. The number of hydrogen-bond donors (Lipinski definition) is 1. The third-order valence-corrected chi connectivity index (χ3v) is 1.83. The first-order valence-electron chi connectivity index (χ1n) is 4.47. The van der Waals surface area contributed by atoms with E-state index in [2.05, 4.69) is 15.1 Å². The van der Waals surface area contributed by atoms with E-state index in [4.69, 9.17) is 10.5 Å². The zero-order chi connectivity index (χ0) is 11.4. The normalized spacial score (nSPS) is 9.75. The van der Waals surface area contributed by atoms with Gasteiger partial charge in [-0.15, -0.1) is 4.91 Å². The molecule has 80 valence electrons. The molecule has 1 aromatic heterocycles. The van der Waals surface area contributed by atoms with E-state index in [1.165, 1.54) is 12.4 Å². The second-order valence-electron chi connectivity index (χ2n) is 2.97. The van der Waals surface area contributed by atoms with Gasteiger partial charge in [0.15, 0.2) is 0 Å². The van der Waals surface area contributed by atoms with E-state index in [1.807, 2.05) is 0 Å². The summed E-state index contributed by atoms with van der Waals surface area (Å²) in [5, 5.41) is 2.78. The molecule has 0 spiro atoms. The van der Waals surface area contributed by atoms with Gasteiger partial charge in [0.05, 0.1) is 0 Å². The lowest BCUT2D eigenvalue weighted by Gasteiger charge is -2.03. The van der Waals surface area contributed by atoms with Gasteiger partial charge in [-0.1, -0.05) is 0 Å². The van der Waals surface area contributed by atoms with Gasteiger partial charge < -0.3 is 10.5 Å². The van der Waals surface area contributed by atoms with Crippen molar-refractivity contribution in [1.29, 1.82) is 0 Å². The zero-order valence-corrected chi connectivity index (χ0v) is 8.20. The highest BCUT2D eigenvalue weighted by Gasteiger charge is 2.00. The molecule has 0 atom stereocenters. The van der Waals surface area contributed by atoms with Crippen LogP contribution in [0.3, 0.4) is 0 Å². The third kappa shape index (κ3) is 2.30. The molecular weight excluding hydrogens is 208 g/mol. The molecule has 0 aliphatic carbocycles. The standard InChI is InChI=1S/C10H8N4O2/c11-9-5-10(13-6-12-9)16-8-3-1-7(14-15)2-4-8/h1-6H,(H2,11,12,13). The average molecular weight is 216 g/mol. The first kappa shape index (κ1) is 10.0. The number of nitrogen functional groups attached to an aromatic ring is 1. The molecule has 1 heterocycles. The lowest BCUT2D eigenvalue weighted by Crippen LogP contribution is -1.93. The maximum Gasteiger partial charge on any atom is 0.224 e. The van der Waals surface area contributed by atoms with Gasteiger partial charge in [0.2, 0.25) is 5.88 Å². The van der Waals surface area contributed by atoms with Gasteiger partial charge in [0.1, 0.15) is 23.6 Å². The number of rotatable bonds is 3. The smallest absolute Gasteiger partial charge is 0.224 e. The van der Waals surface area contributed by atoms with Crippen molar-refractivity contribution < 1.29 is 4.74 Å². The van der Waals surface area contributed by atoms with Crippen molar-refractivity contribution in [2.75, 3.05) is 5.73 Å². The largest absolute Gasteiger partial charge is 0.439 e. The van der Waals surface area contributed by atoms with Crippen molar-refractivity contribution in [2.45, 2.75) is 0 Å². The highest BCUT2D eigenvalue weighted by molar-refractivity contribution is 5.42. The van der Waals surface area contributed by atoms with E-state index in [-0.39, 0.29) is 0 Å². The first-order valence-corrected chi connectivity index (χ1v) is 4.47. The Bertz CT molecular complexity index is 498. The first-order chi connectivity index (χ1) is 7.78. The molecule has 6 heteroatoms. The van der Waals surface area contributed by atoms with Crippen molar-refractivity contribution >= 4 is 11.5 Å². The summed E-state index contributed by atoms with van der Waals surface area (Å²) < 4.78 is 5.38. The fourth-order valence-electron chi connectivity index (χ4n) is 1.11. The fraction of sp³-hybridized carbons (Fsp3) is 0. The monoisotopic (exact) mass is 216 g/mol. The van der Waals surface area contributed by atoms with E-state index in [9.17, 15) is 4.91 Å². The Kier molecular flexibility index (Phi) is 2.73. The molecule has 0 amide bonds. The van der Waals surface area contributed by atoms with Crippen molar-refractivity contribution in [3.05, 3.63) is 41.6 Å². The van der Waals surface area contributed by atoms with Crippen LogP contribution in [0.1, 0.15) is 0 Å². The number of hydrogen-bond acceptors (Lipinski definition) is 6. The highest BCUT2D eigenvalue weighted by atomic mass is 16.5. The highest BCUT2D eigenvalue weighted by Crippen LogP contribution is 2.22. The number of nitrogens with zero attached hydrogens (tertiary/aromatic N) is 3. The van der Waals surface area contributed by atoms with Crippen LogP contribution in [0.15, 0.2) is 41.8 Å². The molecular formula is C10H8N4O2. The van der Waals surface area contributed by atoms with Crippen LogP contribution in [0.25, 0.3) is 0 Å². The molecule has 6 nitrogen and oxygen atoms in total. The Balaban J connectivity index is 2.17. The summed E-state index contributed by atoms with van der Waals surface area (Å²) in [5.74, 6) is 1.22. The second-order valence-corrected chi connectivity index (χ2v) is 2.97. The van der Waals surface area contributed by atoms with Crippen LogP contribution in [0.2, 0.25) is 0 Å². The molecule has 0 radical (unpaired) electrons. The van der Waals surface area contributed by atoms with Crippen LogP contribution in [-0.2, 0) is 0 Å². The fourth-order valence-corrected chi connectivity index (χ4v) is 1.11. The van der Waals surface area contributed by atoms with Crippen LogP contribution >= 0.6 is 0 Å². The number of anilines is 1. The van der Waals surface area contributed by atoms with Gasteiger partial charge in [-0.3, -0.25) is 0 Å². The molecule has 0 saturated heterocycles. The molecule has 16 heavy (non-hydrogen) atoms. The Hall–Kier alpha value is -2.50. The van der Waals surface area contributed by atoms with Gasteiger partial charge in [-0.2, -0.15) is 0 Å². The summed E-state index contributed by atoms with van der Waals surface area (Å²) in [6, 6.07) is 7.84. The molecule has 0 aliphatic heterocycles. The minimum absolute atomic E-state index is 0.330. The Morgan fingerprint density at radius 2 is 1.94 bits per heavy atom. The summed E-state index contributed by atoms with van der Waals surface area (Å²) in [4.78, 5) is 17.8. The Morgan fingerprint density at radius 1 is 1.19 bits per heavy atom. The molecule has 2 aromatic rings. The molecule has 0 aliphatic rings. The van der Waals surface area contributed by atoms with Crippen molar-refractivity contribution in [3.8, 4) is 11.6 Å². The Morgan fingerprint density at radius 3 is 2.56 bits per heavy atom.